The molecule has 0 saturated heterocycles. The Labute approximate surface area is 122 Å². The third kappa shape index (κ3) is 3.19. The molecule has 3 heteroatoms. The molecule has 3 unspecified atom stereocenters. The van der Waals surface area contributed by atoms with Crippen LogP contribution in [-0.2, 0) is 4.79 Å². The van der Waals surface area contributed by atoms with E-state index in [1.165, 1.54) is 32.1 Å². The summed E-state index contributed by atoms with van der Waals surface area (Å²) in [4.78, 5) is 12.3. The summed E-state index contributed by atoms with van der Waals surface area (Å²) in [6.45, 7) is 0.469. The molecule has 114 valence electrons. The van der Waals surface area contributed by atoms with Crippen LogP contribution in [0.2, 0.25) is 0 Å². The van der Waals surface area contributed by atoms with Gasteiger partial charge in [0.05, 0.1) is 5.60 Å². The van der Waals surface area contributed by atoms with Crippen LogP contribution in [0, 0.1) is 17.8 Å². The van der Waals surface area contributed by atoms with Crippen LogP contribution in [0.3, 0.4) is 0 Å². The second kappa shape index (κ2) is 6.05. The number of fused-ring (bicyclic) bond motifs is 1. The van der Waals surface area contributed by atoms with Gasteiger partial charge in [-0.25, -0.2) is 0 Å². The second-order valence-corrected chi connectivity index (χ2v) is 7.46. The summed E-state index contributed by atoms with van der Waals surface area (Å²) in [5.74, 6) is 2.10. The summed E-state index contributed by atoms with van der Waals surface area (Å²) >= 11 is 0. The van der Waals surface area contributed by atoms with Gasteiger partial charge in [0.25, 0.3) is 0 Å². The molecule has 20 heavy (non-hydrogen) atoms. The van der Waals surface area contributed by atoms with Crippen molar-refractivity contribution in [3.63, 3.8) is 0 Å². The molecule has 3 aliphatic carbocycles. The minimum atomic E-state index is -0.613. The molecule has 3 atom stereocenters. The lowest BCUT2D eigenvalue weighted by molar-refractivity contribution is -0.128. The Balaban J connectivity index is 1.47. The van der Waals surface area contributed by atoms with Gasteiger partial charge in [-0.05, 0) is 43.9 Å². The van der Waals surface area contributed by atoms with Crippen LogP contribution in [0.25, 0.3) is 0 Å². The minimum absolute atomic E-state index is 0.203. The van der Waals surface area contributed by atoms with E-state index in [1.807, 2.05) is 0 Å². The molecule has 3 fully saturated rings. The Morgan fingerprint density at radius 2 is 1.70 bits per heavy atom. The highest BCUT2D eigenvalue weighted by atomic mass is 16.3. The number of amides is 1. The first-order valence-electron chi connectivity index (χ1n) is 8.66. The number of hydrogen-bond acceptors (Lipinski definition) is 2. The first-order chi connectivity index (χ1) is 9.66. The van der Waals surface area contributed by atoms with Crippen molar-refractivity contribution in [2.45, 2.75) is 76.2 Å². The number of aliphatic hydroxyl groups is 1. The molecule has 0 heterocycles. The van der Waals surface area contributed by atoms with Gasteiger partial charge in [-0.1, -0.05) is 38.5 Å². The van der Waals surface area contributed by atoms with Gasteiger partial charge in [-0.2, -0.15) is 0 Å². The van der Waals surface area contributed by atoms with Gasteiger partial charge in [0.1, 0.15) is 0 Å². The SMILES string of the molecule is O=C(NCC1(O)CCCC1)C1CCC2CCCCC2C1. The van der Waals surface area contributed by atoms with Crippen LogP contribution in [0.1, 0.15) is 70.6 Å². The molecule has 0 aliphatic heterocycles. The Bertz CT molecular complexity index is 349. The molecule has 3 saturated carbocycles. The smallest absolute Gasteiger partial charge is 0.223 e. The summed E-state index contributed by atoms with van der Waals surface area (Å²) in [5, 5.41) is 13.4. The highest BCUT2D eigenvalue weighted by Gasteiger charge is 2.36. The fourth-order valence-corrected chi connectivity index (χ4v) is 4.72. The molecule has 0 aromatic rings. The summed E-state index contributed by atoms with van der Waals surface area (Å²) < 4.78 is 0. The molecule has 2 N–H and O–H groups in total. The average Bonchev–Trinajstić information content (AvgIpc) is 2.91. The van der Waals surface area contributed by atoms with Crippen LogP contribution >= 0.6 is 0 Å². The topological polar surface area (TPSA) is 49.3 Å². The zero-order chi connectivity index (χ0) is 14.0. The van der Waals surface area contributed by atoms with Crippen LogP contribution in [0.5, 0.6) is 0 Å². The maximum absolute atomic E-state index is 12.3. The molecule has 0 bridgehead atoms. The number of hydrogen-bond donors (Lipinski definition) is 2. The quantitative estimate of drug-likeness (QED) is 0.834. The van der Waals surface area contributed by atoms with E-state index in [4.69, 9.17) is 0 Å². The third-order valence-electron chi connectivity index (χ3n) is 6.04. The van der Waals surface area contributed by atoms with E-state index < -0.39 is 5.60 Å². The lowest BCUT2D eigenvalue weighted by Crippen LogP contribution is -2.44. The summed E-state index contributed by atoms with van der Waals surface area (Å²) in [6, 6.07) is 0. The zero-order valence-corrected chi connectivity index (χ0v) is 12.6. The highest BCUT2D eigenvalue weighted by Crippen LogP contribution is 2.42. The number of carbonyl (C=O) groups excluding carboxylic acids is 1. The maximum atomic E-state index is 12.3. The molecular formula is C17H29NO2. The van der Waals surface area contributed by atoms with Crippen molar-refractivity contribution in [3.05, 3.63) is 0 Å². The van der Waals surface area contributed by atoms with Gasteiger partial charge in [0.15, 0.2) is 0 Å². The van der Waals surface area contributed by atoms with Crippen molar-refractivity contribution in [1.82, 2.24) is 5.32 Å². The van der Waals surface area contributed by atoms with Crippen molar-refractivity contribution in [2.24, 2.45) is 17.8 Å². The predicted octanol–water partition coefficient (Wildman–Crippen LogP) is 3.01. The minimum Gasteiger partial charge on any atom is -0.388 e. The van der Waals surface area contributed by atoms with Gasteiger partial charge in [-0.3, -0.25) is 4.79 Å². The Morgan fingerprint density at radius 1 is 1.00 bits per heavy atom. The van der Waals surface area contributed by atoms with E-state index >= 15 is 0 Å². The zero-order valence-electron chi connectivity index (χ0n) is 12.6. The second-order valence-electron chi connectivity index (χ2n) is 7.46. The van der Waals surface area contributed by atoms with Crippen molar-refractivity contribution in [2.75, 3.05) is 6.54 Å². The van der Waals surface area contributed by atoms with Gasteiger partial charge in [0, 0.05) is 12.5 Å². The molecule has 0 radical (unpaired) electrons. The first-order valence-corrected chi connectivity index (χ1v) is 8.66. The largest absolute Gasteiger partial charge is 0.388 e. The summed E-state index contributed by atoms with van der Waals surface area (Å²) in [6.07, 6.45) is 12.8. The lowest BCUT2D eigenvalue weighted by atomic mass is 9.67. The van der Waals surface area contributed by atoms with Crippen molar-refractivity contribution < 1.29 is 9.90 Å². The Kier molecular flexibility index (Phi) is 4.34. The summed E-state index contributed by atoms with van der Waals surface area (Å²) in [5.41, 5.74) is -0.613. The van der Waals surface area contributed by atoms with E-state index in [-0.39, 0.29) is 11.8 Å². The van der Waals surface area contributed by atoms with Crippen molar-refractivity contribution >= 4 is 5.91 Å². The Morgan fingerprint density at radius 3 is 2.45 bits per heavy atom. The van der Waals surface area contributed by atoms with E-state index in [9.17, 15) is 9.90 Å². The van der Waals surface area contributed by atoms with Crippen molar-refractivity contribution in [3.8, 4) is 0 Å². The van der Waals surface area contributed by atoms with Gasteiger partial charge in [-0.15, -0.1) is 0 Å². The standard InChI is InChI=1S/C17H29NO2/c19-16(18-12-17(20)9-3-4-10-17)15-8-7-13-5-1-2-6-14(13)11-15/h13-15,20H,1-12H2,(H,18,19). The normalized spacial score (nSPS) is 36.4. The highest BCUT2D eigenvalue weighted by molar-refractivity contribution is 5.78. The van der Waals surface area contributed by atoms with E-state index in [2.05, 4.69) is 5.32 Å². The average molecular weight is 279 g/mol. The number of nitrogens with one attached hydrogen (secondary N) is 1. The Hall–Kier alpha value is -0.570. The monoisotopic (exact) mass is 279 g/mol. The van der Waals surface area contributed by atoms with Gasteiger partial charge in [0.2, 0.25) is 5.91 Å². The molecule has 3 rings (SSSR count). The molecule has 3 nitrogen and oxygen atoms in total. The molecule has 3 aliphatic rings. The first kappa shape index (κ1) is 14.4. The molecule has 0 aromatic heterocycles. The third-order valence-corrected chi connectivity index (χ3v) is 6.04. The van der Waals surface area contributed by atoms with E-state index in [0.717, 1.165) is 50.4 Å². The molecule has 0 spiro atoms. The molecule has 1 amide bonds. The number of carbonyl (C=O) groups is 1. The van der Waals surface area contributed by atoms with Crippen LogP contribution in [-0.4, -0.2) is 23.2 Å². The molecular weight excluding hydrogens is 250 g/mol. The predicted molar refractivity (Wildman–Crippen MR) is 79.2 cm³/mol. The van der Waals surface area contributed by atoms with E-state index in [0.29, 0.717) is 6.54 Å². The molecule has 0 aromatic carbocycles. The van der Waals surface area contributed by atoms with Crippen molar-refractivity contribution in [1.29, 1.82) is 0 Å². The number of rotatable bonds is 3. The van der Waals surface area contributed by atoms with Gasteiger partial charge >= 0.3 is 0 Å². The summed E-state index contributed by atoms with van der Waals surface area (Å²) in [7, 11) is 0. The van der Waals surface area contributed by atoms with Crippen LogP contribution in [0.4, 0.5) is 0 Å². The fourth-order valence-electron chi connectivity index (χ4n) is 4.72. The lowest BCUT2D eigenvalue weighted by Gasteiger charge is -2.39. The van der Waals surface area contributed by atoms with Crippen LogP contribution in [0.15, 0.2) is 0 Å². The fraction of sp³-hybridized carbons (Fsp3) is 0.941. The maximum Gasteiger partial charge on any atom is 0.223 e. The van der Waals surface area contributed by atoms with Gasteiger partial charge < -0.3 is 10.4 Å². The van der Waals surface area contributed by atoms with Crippen LogP contribution < -0.4 is 5.32 Å². The van der Waals surface area contributed by atoms with E-state index in [1.54, 1.807) is 0 Å².